The summed E-state index contributed by atoms with van der Waals surface area (Å²) in [6.07, 6.45) is 3.22. The molecular weight excluding hydrogens is 441 g/mol. The number of para-hydroxylation sites is 1. The third-order valence-corrected chi connectivity index (χ3v) is 5.99. The van der Waals surface area contributed by atoms with E-state index in [1.165, 1.54) is 34.4 Å². The summed E-state index contributed by atoms with van der Waals surface area (Å²) in [5.41, 5.74) is 2.74. The first-order valence-electron chi connectivity index (χ1n) is 10.2. The number of rotatable bonds is 6. The Labute approximate surface area is 191 Å². The second-order valence-corrected chi connectivity index (χ2v) is 8.28. The Bertz CT molecular complexity index is 1490. The van der Waals surface area contributed by atoms with Crippen molar-refractivity contribution in [2.75, 3.05) is 0 Å². The first-order valence-corrected chi connectivity index (χ1v) is 11.1. The fourth-order valence-electron chi connectivity index (χ4n) is 3.51. The molecule has 2 aromatic carbocycles. The molecule has 9 heteroatoms. The number of hydrogen-bond acceptors (Lipinski definition) is 5. The maximum Gasteiger partial charge on any atom is 0.262 e. The van der Waals surface area contributed by atoms with Gasteiger partial charge in [0, 0.05) is 23.9 Å². The van der Waals surface area contributed by atoms with Gasteiger partial charge in [0.25, 0.3) is 5.56 Å². The molecule has 0 aliphatic carbocycles. The number of nitrogens with one attached hydrogen (secondary N) is 1. The quantitative estimate of drug-likeness (QED) is 0.419. The number of carbonyl (C=O) groups excluding carboxylic acids is 1. The molecule has 33 heavy (non-hydrogen) atoms. The van der Waals surface area contributed by atoms with Gasteiger partial charge < -0.3 is 5.32 Å². The van der Waals surface area contributed by atoms with Gasteiger partial charge in [0.15, 0.2) is 0 Å². The van der Waals surface area contributed by atoms with E-state index in [0.29, 0.717) is 15.9 Å². The second kappa shape index (κ2) is 8.79. The van der Waals surface area contributed by atoms with Crippen molar-refractivity contribution in [2.24, 2.45) is 0 Å². The van der Waals surface area contributed by atoms with Gasteiger partial charge >= 0.3 is 0 Å². The highest BCUT2D eigenvalue weighted by molar-refractivity contribution is 7.16. The number of amides is 1. The van der Waals surface area contributed by atoms with E-state index < -0.39 is 0 Å². The number of halogens is 1. The number of hydrogen-bond donors (Lipinski definition) is 1. The summed E-state index contributed by atoms with van der Waals surface area (Å²) in [7, 11) is 0. The van der Waals surface area contributed by atoms with Crippen LogP contribution in [0.1, 0.15) is 5.56 Å². The van der Waals surface area contributed by atoms with Gasteiger partial charge in [-0.2, -0.15) is 5.10 Å². The molecule has 3 aromatic heterocycles. The largest absolute Gasteiger partial charge is 0.350 e. The van der Waals surface area contributed by atoms with Crippen LogP contribution in [0, 0.1) is 5.82 Å². The van der Waals surface area contributed by atoms with E-state index in [9.17, 15) is 14.0 Å². The number of nitrogens with zero attached hydrogens (tertiary/aromatic N) is 4. The van der Waals surface area contributed by atoms with Crippen molar-refractivity contribution >= 4 is 27.5 Å². The number of carbonyl (C=O) groups is 1. The molecule has 0 unspecified atom stereocenters. The van der Waals surface area contributed by atoms with Crippen molar-refractivity contribution in [3.8, 4) is 16.9 Å². The third-order valence-electron chi connectivity index (χ3n) is 5.17. The molecule has 5 aromatic rings. The Balaban J connectivity index is 1.39. The summed E-state index contributed by atoms with van der Waals surface area (Å²) in [4.78, 5) is 30.0. The summed E-state index contributed by atoms with van der Waals surface area (Å²) >= 11 is 1.38. The van der Waals surface area contributed by atoms with Crippen LogP contribution in [0.15, 0.2) is 83.4 Å². The summed E-state index contributed by atoms with van der Waals surface area (Å²) in [6, 6.07) is 17.3. The van der Waals surface area contributed by atoms with E-state index in [0.717, 1.165) is 16.8 Å². The summed E-state index contributed by atoms with van der Waals surface area (Å²) in [5.74, 6) is -0.663. The monoisotopic (exact) mass is 459 g/mol. The van der Waals surface area contributed by atoms with Crippen LogP contribution >= 0.6 is 11.3 Å². The lowest BCUT2D eigenvalue weighted by Gasteiger charge is -2.07. The van der Waals surface area contributed by atoms with E-state index in [2.05, 4.69) is 15.4 Å². The first-order chi connectivity index (χ1) is 16.1. The highest BCUT2D eigenvalue weighted by Gasteiger charge is 2.15. The highest BCUT2D eigenvalue weighted by Crippen LogP contribution is 2.24. The van der Waals surface area contributed by atoms with Crippen LogP contribution in [0.2, 0.25) is 0 Å². The average molecular weight is 460 g/mol. The predicted octanol–water partition coefficient (Wildman–Crippen LogP) is 3.77. The lowest BCUT2D eigenvalue weighted by molar-refractivity contribution is -0.121. The van der Waals surface area contributed by atoms with E-state index >= 15 is 0 Å². The summed E-state index contributed by atoms with van der Waals surface area (Å²) in [6.45, 7) is 0.0531. The molecule has 0 saturated carbocycles. The molecule has 7 nitrogen and oxygen atoms in total. The van der Waals surface area contributed by atoms with Crippen LogP contribution in [-0.4, -0.2) is 25.2 Å². The van der Waals surface area contributed by atoms with Gasteiger partial charge in [-0.3, -0.25) is 14.2 Å². The molecule has 0 saturated heterocycles. The van der Waals surface area contributed by atoms with Crippen LogP contribution in [0.3, 0.4) is 0 Å². The minimum Gasteiger partial charge on any atom is -0.350 e. The molecule has 0 aliphatic heterocycles. The zero-order valence-corrected chi connectivity index (χ0v) is 18.1. The van der Waals surface area contributed by atoms with Gasteiger partial charge in [0.2, 0.25) is 5.91 Å². The van der Waals surface area contributed by atoms with Gasteiger partial charge in [-0.15, -0.1) is 11.3 Å². The summed E-state index contributed by atoms with van der Waals surface area (Å²) < 4.78 is 16.4. The molecule has 5 rings (SSSR count). The molecule has 0 spiro atoms. The minimum atomic E-state index is -0.335. The Morgan fingerprint density at radius 1 is 1.06 bits per heavy atom. The average Bonchev–Trinajstić information content (AvgIpc) is 3.48. The topological polar surface area (TPSA) is 81.8 Å². The van der Waals surface area contributed by atoms with Crippen molar-refractivity contribution in [1.82, 2.24) is 24.6 Å². The molecule has 0 bridgehead atoms. The molecule has 0 fully saturated rings. The van der Waals surface area contributed by atoms with Crippen LogP contribution in [0.25, 0.3) is 27.2 Å². The normalized spacial score (nSPS) is 11.1. The minimum absolute atomic E-state index is 0.143. The van der Waals surface area contributed by atoms with Gasteiger partial charge in [-0.05, 0) is 47.8 Å². The van der Waals surface area contributed by atoms with Crippen molar-refractivity contribution in [2.45, 2.75) is 13.1 Å². The van der Waals surface area contributed by atoms with Crippen LogP contribution in [0.5, 0.6) is 0 Å². The lowest BCUT2D eigenvalue weighted by atomic mass is 10.1. The predicted molar refractivity (Wildman–Crippen MR) is 125 cm³/mol. The molecule has 0 radical (unpaired) electrons. The summed E-state index contributed by atoms with van der Waals surface area (Å²) in [5, 5.41) is 9.81. The molecule has 0 aliphatic rings. The fraction of sp³-hybridized carbons (Fsp3) is 0.0833. The number of fused-ring (bicyclic) bond motifs is 1. The molecule has 1 N–H and O–H groups in total. The van der Waals surface area contributed by atoms with E-state index in [-0.39, 0.29) is 30.4 Å². The van der Waals surface area contributed by atoms with Gasteiger partial charge in [-0.25, -0.2) is 14.1 Å². The Morgan fingerprint density at radius 3 is 2.64 bits per heavy atom. The maximum atomic E-state index is 13.4. The van der Waals surface area contributed by atoms with Gasteiger partial charge in [0.1, 0.15) is 17.2 Å². The molecular formula is C24H18FN5O2S. The van der Waals surface area contributed by atoms with E-state index in [1.54, 1.807) is 28.3 Å². The molecule has 3 heterocycles. The maximum absolute atomic E-state index is 13.4. The van der Waals surface area contributed by atoms with Gasteiger partial charge in [0.05, 0.1) is 23.1 Å². The number of thiophene rings is 1. The molecule has 164 valence electrons. The molecule has 0 atom stereocenters. The number of benzene rings is 2. The van der Waals surface area contributed by atoms with Crippen molar-refractivity contribution < 1.29 is 9.18 Å². The fourth-order valence-corrected chi connectivity index (χ4v) is 4.24. The second-order valence-electron chi connectivity index (χ2n) is 7.38. The van der Waals surface area contributed by atoms with Crippen LogP contribution in [0.4, 0.5) is 4.39 Å². The Hall–Kier alpha value is -4.11. The highest BCUT2D eigenvalue weighted by atomic mass is 32.1. The van der Waals surface area contributed by atoms with Crippen molar-refractivity contribution in [3.63, 3.8) is 0 Å². The zero-order valence-electron chi connectivity index (χ0n) is 17.3. The zero-order chi connectivity index (χ0) is 22.8. The van der Waals surface area contributed by atoms with Crippen LogP contribution < -0.4 is 10.9 Å². The Morgan fingerprint density at radius 2 is 1.85 bits per heavy atom. The standard InChI is InChI=1S/C24H18FN5O2S/c25-18-8-6-16(7-9-18)22-17(13-30(28-22)19-4-2-1-3-5-19)12-26-21(31)14-29-15-27-23-20(24(29)32)10-11-33-23/h1-11,13,15H,12,14H2,(H,26,31). The Kier molecular flexibility index (Phi) is 5.54. The van der Waals surface area contributed by atoms with E-state index in [4.69, 9.17) is 0 Å². The smallest absolute Gasteiger partial charge is 0.262 e. The van der Waals surface area contributed by atoms with Crippen molar-refractivity contribution in [3.05, 3.63) is 100 Å². The van der Waals surface area contributed by atoms with Gasteiger partial charge in [-0.1, -0.05) is 18.2 Å². The SMILES string of the molecule is O=C(Cn1cnc2sccc2c1=O)NCc1cn(-c2ccccc2)nc1-c1ccc(F)cc1. The lowest BCUT2D eigenvalue weighted by Crippen LogP contribution is -2.32. The first kappa shape index (κ1) is 20.8. The van der Waals surface area contributed by atoms with E-state index in [1.807, 2.05) is 36.5 Å². The van der Waals surface area contributed by atoms with Crippen LogP contribution in [-0.2, 0) is 17.9 Å². The number of aromatic nitrogens is 4. The third kappa shape index (κ3) is 4.31. The van der Waals surface area contributed by atoms with Crippen molar-refractivity contribution in [1.29, 1.82) is 0 Å². The molecule has 1 amide bonds.